The summed E-state index contributed by atoms with van der Waals surface area (Å²) in [5, 5.41) is 0. The molecule has 0 saturated carbocycles. The second kappa shape index (κ2) is 13.2. The molecule has 0 spiro atoms. The van der Waals surface area contributed by atoms with Crippen molar-refractivity contribution in [2.45, 2.75) is 57.8 Å². The average Bonchev–Trinajstić information content (AvgIpc) is 2.26. The summed E-state index contributed by atoms with van der Waals surface area (Å²) in [6.07, 6.45) is 19.5. The lowest BCUT2D eigenvalue weighted by Crippen LogP contribution is -1.80. The van der Waals surface area contributed by atoms with E-state index in [9.17, 15) is 0 Å². The quantitative estimate of drug-likeness (QED) is 0.246. The summed E-state index contributed by atoms with van der Waals surface area (Å²) in [6.45, 7) is 8.96. The van der Waals surface area contributed by atoms with Gasteiger partial charge in [0.2, 0.25) is 0 Å². The highest BCUT2D eigenvalue weighted by molar-refractivity contribution is 4.95. The number of hydrogen-bond donors (Lipinski definition) is 0. The predicted molar refractivity (Wildman–Crippen MR) is 69.8 cm³/mol. The maximum absolute atomic E-state index is 5.23. The maximum Gasteiger partial charge on any atom is -0.0348 e. The molecule has 0 aliphatic rings. The van der Waals surface area contributed by atoms with Crippen LogP contribution >= 0.6 is 0 Å². The van der Waals surface area contributed by atoms with Gasteiger partial charge in [-0.05, 0) is 25.7 Å². The Morgan fingerprint density at radius 2 is 1.33 bits per heavy atom. The van der Waals surface area contributed by atoms with E-state index in [2.05, 4.69) is 12.7 Å². The van der Waals surface area contributed by atoms with Crippen LogP contribution in [0.3, 0.4) is 0 Å². The molecule has 0 aliphatic carbocycles. The third kappa shape index (κ3) is 13.2. The van der Waals surface area contributed by atoms with E-state index in [1.807, 2.05) is 12.2 Å². The first-order valence-electron chi connectivity index (χ1n) is 6.22. The summed E-state index contributed by atoms with van der Waals surface area (Å²) in [4.78, 5) is 0. The fourth-order valence-corrected chi connectivity index (χ4v) is 1.61. The van der Waals surface area contributed by atoms with Gasteiger partial charge in [-0.3, -0.25) is 0 Å². The molecular weight excluding hydrogens is 180 g/mol. The normalized spacial score (nSPS) is 10.7. The number of hydrogen-bond acceptors (Lipinski definition) is 0. The van der Waals surface area contributed by atoms with Crippen molar-refractivity contribution in [3.8, 4) is 0 Å². The highest BCUT2D eigenvalue weighted by Crippen LogP contribution is 2.09. The summed E-state index contributed by atoms with van der Waals surface area (Å²) in [5.74, 6) is 0. The van der Waals surface area contributed by atoms with E-state index >= 15 is 0 Å². The highest BCUT2D eigenvalue weighted by atomic mass is 14.0. The van der Waals surface area contributed by atoms with Crippen molar-refractivity contribution in [2.75, 3.05) is 0 Å². The van der Waals surface area contributed by atoms with E-state index in [1.54, 1.807) is 6.08 Å². The minimum atomic E-state index is 1.17. The number of allylic oxidation sites excluding steroid dienone is 4. The molecule has 0 heterocycles. The minimum Gasteiger partial charge on any atom is -0.103 e. The van der Waals surface area contributed by atoms with Crippen molar-refractivity contribution in [3.63, 3.8) is 0 Å². The summed E-state index contributed by atoms with van der Waals surface area (Å²) >= 11 is 0. The Hall–Kier alpha value is -0.780. The van der Waals surface area contributed by atoms with Crippen molar-refractivity contribution in [3.05, 3.63) is 37.5 Å². The van der Waals surface area contributed by atoms with Crippen LogP contribution < -0.4 is 0 Å². The van der Waals surface area contributed by atoms with Crippen LogP contribution in [0.2, 0.25) is 0 Å². The van der Waals surface area contributed by atoms with Crippen molar-refractivity contribution in [1.82, 2.24) is 0 Å². The average molecular weight is 205 g/mol. The third-order valence-corrected chi connectivity index (χ3v) is 2.53. The molecule has 1 radical (unpaired) electrons. The first-order valence-corrected chi connectivity index (χ1v) is 6.22. The van der Waals surface area contributed by atoms with E-state index < -0.39 is 0 Å². The van der Waals surface area contributed by atoms with Crippen LogP contribution in [-0.2, 0) is 0 Å². The van der Waals surface area contributed by atoms with Crippen LogP contribution in [0.4, 0.5) is 0 Å². The van der Waals surface area contributed by atoms with Crippen molar-refractivity contribution >= 4 is 0 Å². The molecule has 0 amide bonds. The third-order valence-electron chi connectivity index (χ3n) is 2.53. The zero-order valence-corrected chi connectivity index (χ0v) is 9.96. The van der Waals surface area contributed by atoms with Crippen molar-refractivity contribution < 1.29 is 0 Å². The van der Waals surface area contributed by atoms with Crippen molar-refractivity contribution in [2.24, 2.45) is 0 Å². The van der Waals surface area contributed by atoms with Gasteiger partial charge in [-0.2, -0.15) is 0 Å². The molecule has 0 saturated heterocycles. The Kier molecular flexibility index (Phi) is 12.5. The van der Waals surface area contributed by atoms with E-state index in [4.69, 9.17) is 6.58 Å². The van der Waals surface area contributed by atoms with Gasteiger partial charge in [0.15, 0.2) is 0 Å². The van der Waals surface area contributed by atoms with Gasteiger partial charge in [0, 0.05) is 0 Å². The van der Waals surface area contributed by atoms with Gasteiger partial charge in [-0.25, -0.2) is 0 Å². The Balaban J connectivity index is 2.95. The number of rotatable bonds is 11. The Morgan fingerprint density at radius 3 is 1.87 bits per heavy atom. The molecule has 0 rings (SSSR count). The second-order valence-electron chi connectivity index (χ2n) is 3.96. The van der Waals surface area contributed by atoms with Gasteiger partial charge in [-0.15, -0.1) is 6.58 Å². The lowest BCUT2D eigenvalue weighted by atomic mass is 10.1. The molecule has 85 valence electrons. The lowest BCUT2D eigenvalue weighted by molar-refractivity contribution is 0.584. The molecule has 0 bridgehead atoms. The van der Waals surface area contributed by atoms with E-state index in [0.29, 0.717) is 0 Å². The van der Waals surface area contributed by atoms with Crippen LogP contribution in [0.15, 0.2) is 30.9 Å². The standard InChI is InChI=1S/C15H25/c1-3-5-7-9-11-13-15-14-12-10-8-6-4-2/h1,3-5,7H,2,6,8-15H2. The lowest BCUT2D eigenvalue weighted by Gasteiger charge is -1.99. The van der Waals surface area contributed by atoms with Gasteiger partial charge in [0.05, 0.1) is 0 Å². The summed E-state index contributed by atoms with van der Waals surface area (Å²) in [7, 11) is 0. The van der Waals surface area contributed by atoms with Crippen LogP contribution in [0.25, 0.3) is 0 Å². The summed E-state index contributed by atoms with van der Waals surface area (Å²) < 4.78 is 0. The zero-order chi connectivity index (χ0) is 11.2. The fraction of sp³-hybridized carbons (Fsp3) is 0.600. The highest BCUT2D eigenvalue weighted by Gasteiger charge is 1.90. The molecular formula is C15H25. The molecule has 0 atom stereocenters. The summed E-state index contributed by atoms with van der Waals surface area (Å²) in [6, 6.07) is 0. The molecule has 0 aromatic heterocycles. The molecule has 15 heavy (non-hydrogen) atoms. The van der Waals surface area contributed by atoms with Crippen LogP contribution in [0, 0.1) is 6.58 Å². The fourth-order valence-electron chi connectivity index (χ4n) is 1.61. The predicted octanol–water partition coefficient (Wildman–Crippen LogP) is 5.23. The SMILES string of the molecule is [CH]=CC=CCCCCCCCCCC=C. The Bertz CT molecular complexity index is 165. The Morgan fingerprint density at radius 1 is 0.800 bits per heavy atom. The molecule has 0 heteroatoms. The Labute approximate surface area is 95.8 Å². The van der Waals surface area contributed by atoms with Gasteiger partial charge in [0.1, 0.15) is 0 Å². The van der Waals surface area contributed by atoms with Gasteiger partial charge < -0.3 is 0 Å². The van der Waals surface area contributed by atoms with Gasteiger partial charge >= 0.3 is 0 Å². The van der Waals surface area contributed by atoms with Crippen LogP contribution in [-0.4, -0.2) is 0 Å². The molecule has 0 aromatic rings. The molecule has 0 N–H and O–H groups in total. The maximum atomic E-state index is 5.23. The van der Waals surface area contributed by atoms with E-state index in [1.165, 1.54) is 57.8 Å². The molecule has 0 aromatic carbocycles. The smallest absolute Gasteiger partial charge is 0.0348 e. The molecule has 0 unspecified atom stereocenters. The van der Waals surface area contributed by atoms with Gasteiger partial charge in [-0.1, -0.05) is 63.0 Å². The van der Waals surface area contributed by atoms with Crippen LogP contribution in [0.5, 0.6) is 0 Å². The molecule has 0 nitrogen and oxygen atoms in total. The van der Waals surface area contributed by atoms with Crippen LogP contribution in [0.1, 0.15) is 57.8 Å². The van der Waals surface area contributed by atoms with E-state index in [-0.39, 0.29) is 0 Å². The monoisotopic (exact) mass is 205 g/mol. The first kappa shape index (κ1) is 14.2. The largest absolute Gasteiger partial charge is 0.103 e. The zero-order valence-electron chi connectivity index (χ0n) is 9.96. The summed E-state index contributed by atoms with van der Waals surface area (Å²) in [5.41, 5.74) is 0. The first-order chi connectivity index (χ1) is 7.41. The van der Waals surface area contributed by atoms with E-state index in [0.717, 1.165) is 0 Å². The minimum absolute atomic E-state index is 1.17. The molecule has 0 aliphatic heterocycles. The van der Waals surface area contributed by atoms with Gasteiger partial charge in [0.25, 0.3) is 0 Å². The van der Waals surface area contributed by atoms with Crippen molar-refractivity contribution in [1.29, 1.82) is 0 Å². The molecule has 0 fully saturated rings. The number of unbranched alkanes of at least 4 members (excludes halogenated alkanes) is 8. The topological polar surface area (TPSA) is 0 Å². The second-order valence-corrected chi connectivity index (χ2v) is 3.96.